The van der Waals surface area contributed by atoms with Gasteiger partial charge in [-0.2, -0.15) is 0 Å². The number of hydrogen-bond acceptors (Lipinski definition) is 10. The summed E-state index contributed by atoms with van der Waals surface area (Å²) >= 11 is 0. The van der Waals surface area contributed by atoms with E-state index < -0.39 is 73.8 Å². The third kappa shape index (κ3) is 3.37. The van der Waals surface area contributed by atoms with Crippen molar-refractivity contribution in [2.45, 2.75) is 68.1 Å². The lowest BCUT2D eigenvalue weighted by Gasteiger charge is -2.46. The largest absolute Gasteiger partial charge is 0.394 e. The molecule has 2 aliphatic rings. The van der Waals surface area contributed by atoms with Gasteiger partial charge in [0.2, 0.25) is 0 Å². The minimum Gasteiger partial charge on any atom is -0.394 e. The van der Waals surface area contributed by atoms with Crippen LogP contribution in [-0.4, -0.2) is 109 Å². The Balaban J connectivity index is 2.13. The van der Waals surface area contributed by atoms with E-state index in [0.717, 1.165) is 0 Å². The van der Waals surface area contributed by atoms with Crippen molar-refractivity contribution in [1.82, 2.24) is 0 Å². The first-order chi connectivity index (χ1) is 10.7. The minimum absolute atomic E-state index is 0.664. The smallest absolute Gasteiger partial charge is 0.187 e. The van der Waals surface area contributed by atoms with E-state index in [2.05, 4.69) is 0 Å². The van der Waals surface area contributed by atoms with E-state index in [4.69, 9.17) is 14.6 Å². The second-order valence-corrected chi connectivity index (χ2v) is 6.12. The summed E-state index contributed by atoms with van der Waals surface area (Å²) in [7, 11) is 0. The predicted molar refractivity (Wildman–Crippen MR) is 71.8 cm³/mol. The summed E-state index contributed by atoms with van der Waals surface area (Å²) in [4.78, 5) is 0. The Morgan fingerprint density at radius 3 is 1.74 bits per heavy atom. The van der Waals surface area contributed by atoms with Gasteiger partial charge >= 0.3 is 0 Å². The summed E-state index contributed by atoms with van der Waals surface area (Å²) in [6.45, 7) is 0.773. The van der Waals surface area contributed by atoms with Crippen molar-refractivity contribution in [2.75, 3.05) is 6.61 Å². The quantitative estimate of drug-likeness (QED) is 0.248. The van der Waals surface area contributed by atoms with Crippen molar-refractivity contribution < 1.29 is 50.3 Å². The van der Waals surface area contributed by atoms with Crippen LogP contribution < -0.4 is 0 Å². The van der Waals surface area contributed by atoms with Crippen LogP contribution in [0.5, 0.6) is 0 Å². The number of rotatable bonds is 3. The second-order valence-electron chi connectivity index (χ2n) is 6.12. The lowest BCUT2D eigenvalue weighted by molar-refractivity contribution is -0.336. The average molecular weight is 340 g/mol. The maximum absolute atomic E-state index is 10.0. The number of aliphatic hydroxyl groups excluding tert-OH is 8. The Bertz CT molecular complexity index is 377. The van der Waals surface area contributed by atoms with Crippen molar-refractivity contribution in [3.8, 4) is 0 Å². The van der Waals surface area contributed by atoms with E-state index in [0.29, 0.717) is 0 Å². The Kier molecular flexibility index (Phi) is 5.95. The lowest BCUT2D eigenvalue weighted by atomic mass is 9.79. The summed E-state index contributed by atoms with van der Waals surface area (Å²) in [6.07, 6.45) is -15.2. The molecule has 9 atom stereocenters. The fraction of sp³-hybridized carbons (Fsp3) is 1.00. The molecule has 8 N–H and O–H groups in total. The summed E-state index contributed by atoms with van der Waals surface area (Å²) in [5.74, 6) is -0.811. The molecule has 23 heavy (non-hydrogen) atoms. The van der Waals surface area contributed by atoms with Crippen LogP contribution in [0.4, 0.5) is 0 Å². The molecule has 10 nitrogen and oxygen atoms in total. The highest BCUT2D eigenvalue weighted by Crippen LogP contribution is 2.31. The van der Waals surface area contributed by atoms with Crippen LogP contribution in [-0.2, 0) is 9.47 Å². The van der Waals surface area contributed by atoms with Crippen molar-refractivity contribution in [3.63, 3.8) is 0 Å². The Labute approximate surface area is 132 Å². The van der Waals surface area contributed by atoms with Gasteiger partial charge in [0.1, 0.15) is 42.7 Å². The van der Waals surface area contributed by atoms with Crippen molar-refractivity contribution in [3.05, 3.63) is 0 Å². The van der Waals surface area contributed by atoms with E-state index >= 15 is 0 Å². The molecule has 0 radical (unpaired) electrons. The molecule has 2 fully saturated rings. The third-order valence-electron chi connectivity index (χ3n) is 4.59. The van der Waals surface area contributed by atoms with Crippen molar-refractivity contribution >= 4 is 0 Å². The van der Waals surface area contributed by atoms with Gasteiger partial charge in [-0.15, -0.1) is 0 Å². The molecule has 1 heterocycles. The fourth-order valence-electron chi connectivity index (χ4n) is 2.91. The van der Waals surface area contributed by atoms with Crippen LogP contribution in [0.2, 0.25) is 0 Å². The number of aliphatic hydroxyl groups is 8. The van der Waals surface area contributed by atoms with Crippen LogP contribution >= 0.6 is 0 Å². The molecule has 136 valence electrons. The Hall–Kier alpha value is -0.400. The average Bonchev–Trinajstić information content (AvgIpc) is 2.54. The highest BCUT2D eigenvalue weighted by Gasteiger charge is 2.51. The standard InChI is InChI=1S/C13H24O10/c1-3-5(15)9(19)12(10(20)6(3)16)23-13-11(21)8(18)7(17)4(2-14)22-13/h3-21H,2H2,1H3/t3-,4?,5?,6?,7-,8?,9?,10?,11?,12-,13-/m0/s1. The normalized spacial score (nSPS) is 54.9. The molecule has 10 heteroatoms. The first-order valence-electron chi connectivity index (χ1n) is 7.39. The van der Waals surface area contributed by atoms with E-state index in [-0.39, 0.29) is 0 Å². The van der Waals surface area contributed by atoms with Gasteiger partial charge in [-0.25, -0.2) is 0 Å². The molecule has 1 aliphatic heterocycles. The molecule has 0 aromatic rings. The van der Waals surface area contributed by atoms with Gasteiger partial charge in [0.15, 0.2) is 6.29 Å². The highest BCUT2D eigenvalue weighted by atomic mass is 16.7. The topological polar surface area (TPSA) is 180 Å². The predicted octanol–water partition coefficient (Wildman–Crippen LogP) is -4.74. The second kappa shape index (κ2) is 7.23. The van der Waals surface area contributed by atoms with E-state index in [1.54, 1.807) is 0 Å². The molecule has 7 unspecified atom stereocenters. The molecule has 2 rings (SSSR count). The molecule has 0 bridgehead atoms. The van der Waals surface area contributed by atoms with E-state index in [1.165, 1.54) is 6.92 Å². The van der Waals surface area contributed by atoms with Crippen LogP contribution in [0, 0.1) is 5.92 Å². The van der Waals surface area contributed by atoms with E-state index in [9.17, 15) is 35.7 Å². The number of ether oxygens (including phenoxy) is 2. The molecular weight excluding hydrogens is 316 g/mol. The van der Waals surface area contributed by atoms with Crippen LogP contribution in [0.25, 0.3) is 0 Å². The molecule has 1 saturated heterocycles. The lowest BCUT2D eigenvalue weighted by Crippen LogP contribution is -2.65. The first kappa shape index (κ1) is 18.9. The van der Waals surface area contributed by atoms with Crippen LogP contribution in [0.1, 0.15) is 6.92 Å². The van der Waals surface area contributed by atoms with Gasteiger partial charge in [-0.05, 0) is 0 Å². The Morgan fingerprint density at radius 1 is 0.739 bits per heavy atom. The monoisotopic (exact) mass is 340 g/mol. The fourth-order valence-corrected chi connectivity index (χ4v) is 2.91. The minimum atomic E-state index is -1.72. The molecule has 1 saturated carbocycles. The van der Waals surface area contributed by atoms with Crippen molar-refractivity contribution in [2.24, 2.45) is 5.92 Å². The van der Waals surface area contributed by atoms with Crippen LogP contribution in [0.3, 0.4) is 0 Å². The number of hydrogen-bond donors (Lipinski definition) is 8. The van der Waals surface area contributed by atoms with Crippen LogP contribution in [0.15, 0.2) is 0 Å². The zero-order valence-electron chi connectivity index (χ0n) is 12.5. The van der Waals surface area contributed by atoms with Gasteiger partial charge < -0.3 is 50.3 Å². The summed E-state index contributed by atoms with van der Waals surface area (Å²) in [5.41, 5.74) is 0. The zero-order valence-corrected chi connectivity index (χ0v) is 12.5. The Morgan fingerprint density at radius 2 is 1.26 bits per heavy atom. The molecule has 0 spiro atoms. The summed E-state index contributed by atoms with van der Waals surface area (Å²) in [5, 5.41) is 78.1. The van der Waals surface area contributed by atoms with Crippen molar-refractivity contribution in [1.29, 1.82) is 0 Å². The third-order valence-corrected chi connectivity index (χ3v) is 4.59. The summed E-state index contributed by atoms with van der Waals surface area (Å²) in [6, 6.07) is 0. The van der Waals surface area contributed by atoms with Gasteiger partial charge in [0.05, 0.1) is 18.8 Å². The van der Waals surface area contributed by atoms with Gasteiger partial charge in [-0.1, -0.05) is 6.92 Å². The molecule has 0 aromatic heterocycles. The summed E-state index contributed by atoms with van der Waals surface area (Å²) < 4.78 is 10.3. The SMILES string of the molecule is C[C@H]1C(O)C(O)[C@H](O[C@@H]2OC(CO)[C@H](O)C(O)C2O)C(O)C1O. The van der Waals surface area contributed by atoms with Gasteiger partial charge in [-0.3, -0.25) is 0 Å². The van der Waals surface area contributed by atoms with Gasteiger partial charge in [0.25, 0.3) is 0 Å². The maximum Gasteiger partial charge on any atom is 0.187 e. The molecular formula is C13H24O10. The molecule has 0 aromatic carbocycles. The molecule has 0 amide bonds. The molecule has 1 aliphatic carbocycles. The first-order valence-corrected chi connectivity index (χ1v) is 7.39. The zero-order chi connectivity index (χ0) is 17.5. The van der Waals surface area contributed by atoms with E-state index in [1.807, 2.05) is 0 Å². The maximum atomic E-state index is 10.0. The highest BCUT2D eigenvalue weighted by molar-refractivity contribution is 4.99. The van der Waals surface area contributed by atoms with Gasteiger partial charge in [0, 0.05) is 5.92 Å².